The van der Waals surface area contributed by atoms with Crippen LogP contribution in [-0.4, -0.2) is 87.3 Å². The molecule has 1 aliphatic rings. The number of aromatic nitrogens is 4. The lowest BCUT2D eigenvalue weighted by Gasteiger charge is -2.31. The van der Waals surface area contributed by atoms with Crippen molar-refractivity contribution in [3.05, 3.63) is 36.7 Å². The van der Waals surface area contributed by atoms with Gasteiger partial charge in [-0.05, 0) is 32.9 Å². The van der Waals surface area contributed by atoms with E-state index >= 15 is 4.39 Å². The number of alkyl halides is 2. The molecule has 0 amide bonds. The number of benzene rings is 1. The van der Waals surface area contributed by atoms with Gasteiger partial charge in [-0.25, -0.2) is 13.9 Å². The molecule has 0 bridgehead atoms. The fourth-order valence-corrected chi connectivity index (χ4v) is 6.02. The lowest BCUT2D eigenvalue weighted by atomic mass is 9.99. The summed E-state index contributed by atoms with van der Waals surface area (Å²) in [5.74, 6) is -0.685. The Morgan fingerprint density at radius 1 is 1.29 bits per heavy atom. The van der Waals surface area contributed by atoms with Crippen molar-refractivity contribution in [2.24, 2.45) is 0 Å². The number of nitrogens with zero attached hydrogens (tertiary/aromatic N) is 4. The van der Waals surface area contributed by atoms with Crippen molar-refractivity contribution in [2.75, 3.05) is 32.0 Å². The lowest BCUT2D eigenvalue weighted by molar-refractivity contribution is -0.149. The molecule has 14 nitrogen and oxygen atoms in total. The van der Waals surface area contributed by atoms with Crippen LogP contribution in [0, 0.1) is 0 Å². The summed E-state index contributed by atoms with van der Waals surface area (Å²) in [6, 6.07) is 6.93. The largest absolute Gasteiger partial charge is 0.467 e. The maximum absolute atomic E-state index is 15.7. The minimum atomic E-state index is -4.38. The van der Waals surface area contributed by atoms with Crippen molar-refractivity contribution in [2.45, 2.75) is 57.0 Å². The standard InChI is InChI=1S/C25H33ClFN6O8P/c1-14(2)39-23(35)15(3)32-42(36,41-16-9-7-6-8-10-16)38-12-25(11-26)19(34)17(27)22(40-25)33-13-29-18-20(28-4)30-24(37-5)31-21(18)33/h6-10,13-15,17,19,22,34H,11-12H2,1-5H3,(H,32,36)(H,28,30,31)/t15-,17+,19-,22+,25+,42-/m0/s1. The van der Waals surface area contributed by atoms with E-state index in [0.717, 1.165) is 0 Å². The van der Waals surface area contributed by atoms with E-state index < -0.39 is 62.5 Å². The van der Waals surface area contributed by atoms with Gasteiger partial charge in [0.1, 0.15) is 23.5 Å². The average Bonchev–Trinajstić information content (AvgIpc) is 3.50. The van der Waals surface area contributed by atoms with Gasteiger partial charge in [0.2, 0.25) is 0 Å². The Kier molecular flexibility index (Phi) is 9.91. The molecule has 4 rings (SSSR count). The fraction of sp³-hybridized carbons (Fsp3) is 0.520. The number of anilines is 1. The number of aliphatic hydroxyl groups is 1. The Hall–Kier alpha value is -3.07. The molecule has 0 radical (unpaired) electrons. The fourth-order valence-electron chi connectivity index (χ4n) is 4.18. The summed E-state index contributed by atoms with van der Waals surface area (Å²) in [5.41, 5.74) is -1.44. The van der Waals surface area contributed by atoms with Crippen LogP contribution in [0.2, 0.25) is 0 Å². The first kappa shape index (κ1) is 31.9. The molecule has 2 aromatic heterocycles. The third kappa shape index (κ3) is 6.61. The Balaban J connectivity index is 1.62. The maximum atomic E-state index is 15.7. The topological polar surface area (TPSA) is 168 Å². The highest BCUT2D eigenvalue weighted by Crippen LogP contribution is 2.49. The first-order valence-electron chi connectivity index (χ1n) is 13.0. The van der Waals surface area contributed by atoms with Gasteiger partial charge in [-0.1, -0.05) is 18.2 Å². The molecule has 17 heteroatoms. The molecule has 1 saturated heterocycles. The predicted octanol–water partition coefficient (Wildman–Crippen LogP) is 3.22. The summed E-state index contributed by atoms with van der Waals surface area (Å²) in [6.07, 6.45) is -4.48. The molecule has 230 valence electrons. The second-order valence-electron chi connectivity index (χ2n) is 9.74. The number of ether oxygens (including phenoxy) is 3. The Bertz CT molecular complexity index is 1430. The van der Waals surface area contributed by atoms with Crippen LogP contribution in [0.25, 0.3) is 11.2 Å². The number of fused-ring (bicyclic) bond motifs is 1. The predicted molar refractivity (Wildman–Crippen MR) is 150 cm³/mol. The van der Waals surface area contributed by atoms with Crippen molar-refractivity contribution in [1.29, 1.82) is 0 Å². The van der Waals surface area contributed by atoms with Crippen molar-refractivity contribution in [3.8, 4) is 11.8 Å². The van der Waals surface area contributed by atoms with Crippen molar-refractivity contribution in [1.82, 2.24) is 24.6 Å². The zero-order valence-electron chi connectivity index (χ0n) is 23.6. The van der Waals surface area contributed by atoms with Gasteiger partial charge >= 0.3 is 19.7 Å². The van der Waals surface area contributed by atoms with Crippen LogP contribution in [0.5, 0.6) is 11.8 Å². The molecule has 42 heavy (non-hydrogen) atoms. The number of imidazole rings is 1. The molecule has 0 spiro atoms. The second kappa shape index (κ2) is 13.1. The number of aliphatic hydroxyl groups excluding tert-OH is 1. The highest BCUT2D eigenvalue weighted by molar-refractivity contribution is 7.52. The summed E-state index contributed by atoms with van der Waals surface area (Å²) in [7, 11) is -1.38. The normalized spacial score (nSPS) is 24.4. The van der Waals surface area contributed by atoms with Gasteiger partial charge in [-0.2, -0.15) is 15.1 Å². The first-order chi connectivity index (χ1) is 20.0. The molecule has 1 aliphatic heterocycles. The number of hydrogen-bond acceptors (Lipinski definition) is 12. The van der Waals surface area contributed by atoms with Crippen LogP contribution in [0.1, 0.15) is 27.0 Å². The number of rotatable bonds is 13. The van der Waals surface area contributed by atoms with Crippen LogP contribution in [0.3, 0.4) is 0 Å². The van der Waals surface area contributed by atoms with E-state index in [1.165, 1.54) is 37.1 Å². The van der Waals surface area contributed by atoms with Gasteiger partial charge in [0, 0.05) is 7.05 Å². The van der Waals surface area contributed by atoms with Gasteiger partial charge < -0.3 is 29.2 Å². The van der Waals surface area contributed by atoms with E-state index in [2.05, 4.69) is 25.4 Å². The maximum Gasteiger partial charge on any atom is 0.459 e. The molecule has 0 saturated carbocycles. The number of para-hydroxylation sites is 1. The van der Waals surface area contributed by atoms with E-state index in [0.29, 0.717) is 11.3 Å². The van der Waals surface area contributed by atoms with Crippen LogP contribution < -0.4 is 19.7 Å². The summed E-state index contributed by atoms with van der Waals surface area (Å²) in [4.78, 5) is 25.1. The number of halogens is 2. The molecule has 3 N–H and O–H groups in total. The van der Waals surface area contributed by atoms with Crippen LogP contribution in [0.4, 0.5) is 10.2 Å². The zero-order chi connectivity index (χ0) is 30.7. The summed E-state index contributed by atoms with van der Waals surface area (Å²) >= 11 is 6.23. The zero-order valence-corrected chi connectivity index (χ0v) is 25.2. The summed E-state index contributed by atoms with van der Waals surface area (Å²) in [5, 5.41) is 16.4. The quantitative estimate of drug-likeness (QED) is 0.143. The first-order valence-corrected chi connectivity index (χ1v) is 15.0. The molecular weight excluding hydrogens is 598 g/mol. The average molecular weight is 631 g/mol. The minimum absolute atomic E-state index is 0.00956. The number of methoxy groups -OCH3 is 1. The molecule has 3 aromatic rings. The van der Waals surface area contributed by atoms with Gasteiger partial charge in [0.25, 0.3) is 0 Å². The van der Waals surface area contributed by atoms with Crippen molar-refractivity contribution < 1.29 is 42.1 Å². The van der Waals surface area contributed by atoms with Gasteiger partial charge in [-0.15, -0.1) is 11.6 Å². The van der Waals surface area contributed by atoms with Gasteiger partial charge in [0.15, 0.2) is 29.4 Å². The number of carbonyl (C=O) groups is 1. The Labute approximate surface area is 246 Å². The molecule has 1 aromatic carbocycles. The van der Waals surface area contributed by atoms with E-state index in [1.807, 2.05) is 0 Å². The SMILES string of the molecule is CNc1nc(OC)nc2c1ncn2[C@@H]1O[C@](CCl)(CO[P@@](=O)(N[C@@H](C)C(=O)OC(C)C)Oc2ccccc2)[C@@H](O)[C@H]1F. The third-order valence-corrected chi connectivity index (χ3v) is 8.37. The second-order valence-corrected chi connectivity index (χ2v) is 11.7. The minimum Gasteiger partial charge on any atom is -0.467 e. The summed E-state index contributed by atoms with van der Waals surface area (Å²) in [6.45, 7) is 4.06. The van der Waals surface area contributed by atoms with Crippen molar-refractivity contribution in [3.63, 3.8) is 0 Å². The highest BCUT2D eigenvalue weighted by Gasteiger charge is 2.57. The molecular formula is C25H33ClFN6O8P. The third-order valence-electron chi connectivity index (χ3n) is 6.29. The Morgan fingerprint density at radius 2 is 2.00 bits per heavy atom. The molecule has 3 heterocycles. The van der Waals surface area contributed by atoms with E-state index in [1.54, 1.807) is 39.1 Å². The Morgan fingerprint density at radius 3 is 2.62 bits per heavy atom. The van der Waals surface area contributed by atoms with E-state index in [9.17, 15) is 14.5 Å². The number of esters is 1. The molecule has 0 aliphatic carbocycles. The highest BCUT2D eigenvalue weighted by atomic mass is 35.5. The van der Waals surface area contributed by atoms with E-state index in [4.69, 9.17) is 34.9 Å². The monoisotopic (exact) mass is 630 g/mol. The van der Waals surface area contributed by atoms with E-state index in [-0.39, 0.29) is 17.4 Å². The molecule has 1 fully saturated rings. The van der Waals surface area contributed by atoms with Crippen LogP contribution in [0.15, 0.2) is 36.7 Å². The number of hydrogen-bond donors (Lipinski definition) is 3. The van der Waals surface area contributed by atoms with Gasteiger partial charge in [-0.3, -0.25) is 13.9 Å². The molecule has 6 atom stereocenters. The smallest absolute Gasteiger partial charge is 0.459 e. The number of nitrogens with one attached hydrogen (secondary N) is 2. The van der Waals surface area contributed by atoms with Crippen molar-refractivity contribution >= 4 is 42.3 Å². The van der Waals surface area contributed by atoms with Gasteiger partial charge in [0.05, 0.1) is 32.0 Å². The lowest BCUT2D eigenvalue weighted by Crippen LogP contribution is -2.48. The molecule has 0 unspecified atom stereocenters. The van der Waals surface area contributed by atoms with Crippen LogP contribution >= 0.6 is 19.3 Å². The van der Waals surface area contributed by atoms with Crippen LogP contribution in [-0.2, 0) is 23.4 Å². The number of carbonyl (C=O) groups excluding carboxylic acids is 1. The summed E-state index contributed by atoms with van der Waals surface area (Å²) < 4.78 is 58.5.